The van der Waals surface area contributed by atoms with Crippen molar-refractivity contribution in [3.8, 4) is 0 Å². The summed E-state index contributed by atoms with van der Waals surface area (Å²) in [7, 11) is 0. The van der Waals surface area contributed by atoms with Gasteiger partial charge in [-0.1, -0.05) is 35.9 Å². The summed E-state index contributed by atoms with van der Waals surface area (Å²) in [5.41, 5.74) is 2.98. The molecule has 1 fully saturated rings. The number of benzene rings is 2. The van der Waals surface area contributed by atoms with Crippen molar-refractivity contribution in [1.29, 1.82) is 0 Å². The van der Waals surface area contributed by atoms with Crippen LogP contribution in [0.1, 0.15) is 31.9 Å². The van der Waals surface area contributed by atoms with Gasteiger partial charge in [0.1, 0.15) is 5.60 Å². The molecule has 0 aliphatic carbocycles. The van der Waals surface area contributed by atoms with Gasteiger partial charge in [-0.2, -0.15) is 0 Å². The Kier molecular flexibility index (Phi) is 5.10. The zero-order valence-corrected chi connectivity index (χ0v) is 18.5. The van der Waals surface area contributed by atoms with Crippen LogP contribution in [0, 0.1) is 6.92 Å². The fourth-order valence-electron chi connectivity index (χ4n) is 3.92. The molecule has 0 spiro atoms. The van der Waals surface area contributed by atoms with Crippen LogP contribution in [0.25, 0.3) is 10.9 Å². The highest BCUT2D eigenvalue weighted by Gasteiger charge is 2.48. The first-order chi connectivity index (χ1) is 14.2. The van der Waals surface area contributed by atoms with E-state index in [0.717, 1.165) is 27.7 Å². The van der Waals surface area contributed by atoms with Crippen LogP contribution in [0.15, 0.2) is 54.7 Å². The predicted molar refractivity (Wildman–Crippen MR) is 121 cm³/mol. The molecular formula is C24H26ClN3O2. The summed E-state index contributed by atoms with van der Waals surface area (Å²) in [6.07, 6.45) is 1.48. The molecule has 0 radical (unpaired) electrons. The minimum Gasteiger partial charge on any atom is -0.444 e. The minimum atomic E-state index is -0.529. The summed E-state index contributed by atoms with van der Waals surface area (Å²) in [5.74, 6) is 0. The van der Waals surface area contributed by atoms with E-state index in [1.165, 1.54) is 0 Å². The lowest BCUT2D eigenvalue weighted by molar-refractivity contribution is -0.00490. The molecular weight excluding hydrogens is 398 g/mol. The molecule has 2 aromatic carbocycles. The Morgan fingerprint density at radius 2 is 1.93 bits per heavy atom. The number of nitrogens with one attached hydrogen (secondary N) is 1. The number of carbonyl (C=O) groups is 1. The first kappa shape index (κ1) is 20.5. The van der Waals surface area contributed by atoms with E-state index in [9.17, 15) is 4.79 Å². The smallest absolute Gasteiger partial charge is 0.410 e. The maximum atomic E-state index is 12.6. The van der Waals surface area contributed by atoms with Crippen LogP contribution in [0.5, 0.6) is 0 Å². The third kappa shape index (κ3) is 3.94. The summed E-state index contributed by atoms with van der Waals surface area (Å²) in [4.78, 5) is 18.8. The largest absolute Gasteiger partial charge is 0.444 e. The van der Waals surface area contributed by atoms with Crippen molar-refractivity contribution in [2.45, 2.75) is 38.8 Å². The van der Waals surface area contributed by atoms with E-state index in [1.807, 2.05) is 70.2 Å². The highest BCUT2D eigenvalue weighted by molar-refractivity contribution is 6.31. The van der Waals surface area contributed by atoms with Gasteiger partial charge in [0.25, 0.3) is 0 Å². The van der Waals surface area contributed by atoms with Crippen LogP contribution in [-0.2, 0) is 10.3 Å². The SMILES string of the molecule is Cc1c(Cl)cccc1C1(Nc2ccc3cccnc3c2)CN(C(=O)OC(C)(C)C)C1. The van der Waals surface area contributed by atoms with E-state index >= 15 is 0 Å². The zero-order valence-electron chi connectivity index (χ0n) is 17.7. The molecule has 2 heterocycles. The number of carbonyl (C=O) groups excluding carboxylic acids is 1. The van der Waals surface area contributed by atoms with Crippen LogP contribution in [0.2, 0.25) is 5.02 Å². The van der Waals surface area contributed by atoms with Crippen LogP contribution >= 0.6 is 11.6 Å². The molecule has 30 heavy (non-hydrogen) atoms. The number of fused-ring (bicyclic) bond motifs is 1. The van der Waals surface area contributed by atoms with Gasteiger partial charge in [-0.15, -0.1) is 0 Å². The molecule has 1 aromatic heterocycles. The van der Waals surface area contributed by atoms with E-state index < -0.39 is 11.1 Å². The average Bonchev–Trinajstić information content (AvgIpc) is 2.65. The number of amides is 1. The summed E-state index contributed by atoms with van der Waals surface area (Å²) in [6.45, 7) is 8.62. The monoisotopic (exact) mass is 423 g/mol. The molecule has 0 atom stereocenters. The van der Waals surface area contributed by atoms with Gasteiger partial charge in [0.05, 0.1) is 24.1 Å². The van der Waals surface area contributed by atoms with Gasteiger partial charge in [0, 0.05) is 22.3 Å². The van der Waals surface area contributed by atoms with Crippen molar-refractivity contribution in [1.82, 2.24) is 9.88 Å². The van der Waals surface area contributed by atoms with Gasteiger partial charge >= 0.3 is 6.09 Å². The molecule has 1 N–H and O–H groups in total. The molecule has 156 valence electrons. The summed E-state index contributed by atoms with van der Waals surface area (Å²) in [6, 6.07) is 16.0. The summed E-state index contributed by atoms with van der Waals surface area (Å²) >= 11 is 6.43. The maximum Gasteiger partial charge on any atom is 0.410 e. The fourth-order valence-corrected chi connectivity index (χ4v) is 4.10. The highest BCUT2D eigenvalue weighted by Crippen LogP contribution is 2.40. The molecule has 1 aliphatic heterocycles. The van der Waals surface area contributed by atoms with Crippen molar-refractivity contribution < 1.29 is 9.53 Å². The number of hydrogen-bond donors (Lipinski definition) is 1. The van der Waals surface area contributed by atoms with Gasteiger partial charge in [0.2, 0.25) is 0 Å². The molecule has 3 aromatic rings. The summed E-state index contributed by atoms with van der Waals surface area (Å²) < 4.78 is 5.56. The normalized spacial score (nSPS) is 15.6. The second-order valence-electron chi connectivity index (χ2n) is 8.87. The van der Waals surface area contributed by atoms with Crippen molar-refractivity contribution in [3.63, 3.8) is 0 Å². The summed E-state index contributed by atoms with van der Waals surface area (Å²) in [5, 5.41) is 5.46. The topological polar surface area (TPSA) is 54.5 Å². The first-order valence-electron chi connectivity index (χ1n) is 10.0. The number of likely N-dealkylation sites (tertiary alicyclic amines) is 1. The lowest BCUT2D eigenvalue weighted by atomic mass is 9.80. The lowest BCUT2D eigenvalue weighted by Gasteiger charge is -2.51. The van der Waals surface area contributed by atoms with E-state index in [-0.39, 0.29) is 6.09 Å². The Labute approximate surface area is 182 Å². The van der Waals surface area contributed by atoms with Crippen LogP contribution in [0.3, 0.4) is 0 Å². The molecule has 5 nitrogen and oxygen atoms in total. The molecule has 1 aliphatic rings. The standard InChI is InChI=1S/C24H26ClN3O2/c1-16-19(8-5-9-20(16)25)24(14-28(15-24)22(29)30-23(2,3)4)27-18-11-10-17-7-6-12-26-21(17)13-18/h5-13,27H,14-15H2,1-4H3. The fraction of sp³-hybridized carbons (Fsp3) is 0.333. The molecule has 1 amide bonds. The van der Waals surface area contributed by atoms with Gasteiger partial charge in [-0.3, -0.25) is 4.98 Å². The van der Waals surface area contributed by atoms with Crippen LogP contribution in [0.4, 0.5) is 10.5 Å². The molecule has 4 rings (SSSR count). The predicted octanol–water partition coefficient (Wildman–Crippen LogP) is 5.75. The number of pyridine rings is 1. The van der Waals surface area contributed by atoms with Gasteiger partial charge in [-0.25, -0.2) is 4.79 Å². The third-order valence-electron chi connectivity index (χ3n) is 5.35. The molecule has 0 unspecified atom stereocenters. The van der Waals surface area contributed by atoms with Crippen molar-refractivity contribution >= 4 is 34.3 Å². The Morgan fingerprint density at radius 3 is 2.67 bits per heavy atom. The number of hydrogen-bond acceptors (Lipinski definition) is 4. The van der Waals surface area contributed by atoms with Crippen LogP contribution < -0.4 is 5.32 Å². The Balaban J connectivity index is 1.66. The lowest BCUT2D eigenvalue weighted by Crippen LogP contribution is -2.65. The van der Waals surface area contributed by atoms with Gasteiger partial charge < -0.3 is 15.0 Å². The number of anilines is 1. The van der Waals surface area contributed by atoms with Gasteiger partial charge in [0.15, 0.2) is 0 Å². The molecule has 1 saturated heterocycles. The van der Waals surface area contributed by atoms with E-state index in [4.69, 9.17) is 16.3 Å². The van der Waals surface area contributed by atoms with Gasteiger partial charge in [-0.05, 0) is 63.1 Å². The van der Waals surface area contributed by atoms with Crippen molar-refractivity contribution in [2.75, 3.05) is 18.4 Å². The second kappa shape index (κ2) is 7.47. The van der Waals surface area contributed by atoms with Crippen molar-refractivity contribution in [2.24, 2.45) is 0 Å². The number of ether oxygens (including phenoxy) is 1. The number of nitrogens with zero attached hydrogens (tertiary/aromatic N) is 2. The van der Waals surface area contributed by atoms with E-state index in [0.29, 0.717) is 18.1 Å². The number of rotatable bonds is 3. The minimum absolute atomic E-state index is 0.306. The Bertz CT molecular complexity index is 1100. The molecule has 0 saturated carbocycles. The molecule has 0 bridgehead atoms. The molecule has 6 heteroatoms. The Hall–Kier alpha value is -2.79. The van der Waals surface area contributed by atoms with Crippen molar-refractivity contribution in [3.05, 3.63) is 70.9 Å². The number of halogens is 1. The van der Waals surface area contributed by atoms with E-state index in [1.54, 1.807) is 11.1 Å². The van der Waals surface area contributed by atoms with E-state index in [2.05, 4.69) is 16.4 Å². The quantitative estimate of drug-likeness (QED) is 0.582. The maximum absolute atomic E-state index is 12.6. The highest BCUT2D eigenvalue weighted by atomic mass is 35.5. The third-order valence-corrected chi connectivity index (χ3v) is 5.76. The first-order valence-corrected chi connectivity index (χ1v) is 10.4. The second-order valence-corrected chi connectivity index (χ2v) is 9.27. The van der Waals surface area contributed by atoms with Crippen LogP contribution in [-0.4, -0.2) is 34.7 Å². The Morgan fingerprint density at radius 1 is 1.17 bits per heavy atom. The zero-order chi connectivity index (χ0) is 21.5. The number of aromatic nitrogens is 1. The average molecular weight is 424 g/mol.